The quantitative estimate of drug-likeness (QED) is 0.614. The van der Waals surface area contributed by atoms with Crippen LogP contribution >= 0.6 is 0 Å². The monoisotopic (exact) mass is 257 g/mol. The summed E-state index contributed by atoms with van der Waals surface area (Å²) in [5.74, 6) is -0.573. The number of benzene rings is 1. The molecule has 6 heteroatoms. The summed E-state index contributed by atoms with van der Waals surface area (Å²) in [5, 5.41) is 0. The Morgan fingerprint density at radius 3 is 2.33 bits per heavy atom. The van der Waals surface area contributed by atoms with Gasteiger partial charge >= 0.3 is 12.1 Å². The van der Waals surface area contributed by atoms with Crippen molar-refractivity contribution in [1.29, 1.82) is 0 Å². The number of nitrogens with zero attached hydrogens (tertiary/aromatic N) is 1. The van der Waals surface area contributed by atoms with Crippen molar-refractivity contribution in [3.63, 3.8) is 0 Å². The molecule has 96 valence electrons. The van der Waals surface area contributed by atoms with Crippen LogP contribution in [-0.2, 0) is 15.7 Å². The highest BCUT2D eigenvalue weighted by atomic mass is 19.4. The van der Waals surface area contributed by atoms with E-state index in [9.17, 15) is 18.0 Å². The molecule has 0 fully saturated rings. The van der Waals surface area contributed by atoms with Crippen LogP contribution < -0.4 is 0 Å². The van der Waals surface area contributed by atoms with Crippen LogP contribution in [0.2, 0.25) is 0 Å². The van der Waals surface area contributed by atoms with Crippen LogP contribution in [0.15, 0.2) is 24.3 Å². The molecular formula is C12H10F3NO2. The molecule has 0 aliphatic heterocycles. The van der Waals surface area contributed by atoms with Gasteiger partial charge in [-0.25, -0.2) is 6.57 Å². The standard InChI is InChI=1S/C12H10F3NO2/c1-16-10(7-11(17)18-2)8-3-5-9(6-4-8)12(13,14)15/h3-6,10H,7H2,2H3/t10-/m0/s1. The minimum absolute atomic E-state index is 0.175. The van der Waals surface area contributed by atoms with Crippen molar-refractivity contribution in [2.75, 3.05) is 7.11 Å². The van der Waals surface area contributed by atoms with E-state index >= 15 is 0 Å². The van der Waals surface area contributed by atoms with Gasteiger partial charge in [0.2, 0.25) is 0 Å². The first-order valence-corrected chi connectivity index (χ1v) is 4.99. The third-order valence-corrected chi connectivity index (χ3v) is 2.37. The number of alkyl halides is 3. The van der Waals surface area contributed by atoms with Gasteiger partial charge in [0.15, 0.2) is 0 Å². The zero-order valence-corrected chi connectivity index (χ0v) is 9.49. The van der Waals surface area contributed by atoms with Gasteiger partial charge in [0.1, 0.15) is 6.42 Å². The summed E-state index contributed by atoms with van der Waals surface area (Å²) in [6.45, 7) is 6.94. The fourth-order valence-corrected chi connectivity index (χ4v) is 1.37. The predicted molar refractivity (Wildman–Crippen MR) is 57.4 cm³/mol. The maximum absolute atomic E-state index is 12.3. The van der Waals surface area contributed by atoms with Gasteiger partial charge in [-0.3, -0.25) is 4.79 Å². The summed E-state index contributed by atoms with van der Waals surface area (Å²) in [7, 11) is 1.19. The van der Waals surface area contributed by atoms with E-state index in [1.807, 2.05) is 0 Å². The molecule has 0 radical (unpaired) electrons. The van der Waals surface area contributed by atoms with Gasteiger partial charge in [-0.2, -0.15) is 13.2 Å². The Morgan fingerprint density at radius 1 is 1.39 bits per heavy atom. The lowest BCUT2D eigenvalue weighted by Gasteiger charge is -2.08. The van der Waals surface area contributed by atoms with Crippen LogP contribution in [-0.4, -0.2) is 13.1 Å². The Kier molecular flexibility index (Phi) is 4.32. The molecule has 0 aliphatic carbocycles. The normalized spacial score (nSPS) is 12.6. The SMILES string of the molecule is [C-]#[N+][C@@H](CC(=O)OC)c1ccc(C(F)(F)F)cc1. The molecule has 0 amide bonds. The molecular weight excluding hydrogens is 247 g/mol. The number of methoxy groups -OCH3 is 1. The van der Waals surface area contributed by atoms with Gasteiger partial charge in [-0.05, 0) is 12.1 Å². The minimum atomic E-state index is -4.41. The average molecular weight is 257 g/mol. The zero-order chi connectivity index (χ0) is 13.8. The van der Waals surface area contributed by atoms with Crippen LogP contribution in [0.4, 0.5) is 13.2 Å². The zero-order valence-electron chi connectivity index (χ0n) is 9.49. The Balaban J connectivity index is 2.90. The Morgan fingerprint density at radius 2 is 1.94 bits per heavy atom. The summed E-state index contributed by atoms with van der Waals surface area (Å²) in [6.07, 6.45) is -4.58. The van der Waals surface area contributed by atoms with E-state index in [4.69, 9.17) is 6.57 Å². The highest BCUT2D eigenvalue weighted by Crippen LogP contribution is 2.31. The molecule has 0 N–H and O–H groups in total. The van der Waals surface area contributed by atoms with Crippen LogP contribution in [0.5, 0.6) is 0 Å². The van der Waals surface area contributed by atoms with Crippen molar-refractivity contribution in [1.82, 2.24) is 0 Å². The van der Waals surface area contributed by atoms with E-state index in [2.05, 4.69) is 9.58 Å². The van der Waals surface area contributed by atoms with Gasteiger partial charge < -0.3 is 9.58 Å². The van der Waals surface area contributed by atoms with E-state index in [-0.39, 0.29) is 6.42 Å². The molecule has 0 aromatic heterocycles. The Hall–Kier alpha value is -2.03. The lowest BCUT2D eigenvalue weighted by Crippen LogP contribution is -2.07. The topological polar surface area (TPSA) is 30.7 Å². The Labute approximate surface area is 102 Å². The number of halogens is 3. The number of hydrogen-bond donors (Lipinski definition) is 0. The van der Waals surface area contributed by atoms with Gasteiger partial charge in [0.25, 0.3) is 6.04 Å². The van der Waals surface area contributed by atoms with Crippen LogP contribution in [0.1, 0.15) is 23.6 Å². The van der Waals surface area contributed by atoms with Gasteiger partial charge in [-0.1, -0.05) is 12.1 Å². The molecule has 1 rings (SSSR count). The first-order valence-electron chi connectivity index (χ1n) is 4.99. The van der Waals surface area contributed by atoms with Crippen LogP contribution in [0.25, 0.3) is 4.85 Å². The molecule has 3 nitrogen and oxygen atoms in total. The molecule has 0 heterocycles. The smallest absolute Gasteiger partial charge is 0.416 e. The second kappa shape index (κ2) is 5.54. The molecule has 0 spiro atoms. The molecule has 1 aromatic rings. The molecule has 0 saturated carbocycles. The van der Waals surface area contributed by atoms with E-state index in [0.717, 1.165) is 12.1 Å². The molecule has 0 unspecified atom stereocenters. The summed E-state index contributed by atoms with van der Waals surface area (Å²) >= 11 is 0. The lowest BCUT2D eigenvalue weighted by molar-refractivity contribution is -0.141. The van der Waals surface area contributed by atoms with E-state index in [1.54, 1.807) is 0 Å². The van der Waals surface area contributed by atoms with Crippen LogP contribution in [0.3, 0.4) is 0 Å². The second-order valence-corrected chi connectivity index (χ2v) is 3.54. The van der Waals surface area contributed by atoms with E-state index in [1.165, 1.54) is 19.2 Å². The van der Waals surface area contributed by atoms with E-state index < -0.39 is 23.8 Å². The van der Waals surface area contributed by atoms with Crippen molar-refractivity contribution in [2.45, 2.75) is 18.6 Å². The third-order valence-electron chi connectivity index (χ3n) is 2.37. The molecule has 1 aromatic carbocycles. The third kappa shape index (κ3) is 3.48. The first kappa shape index (κ1) is 14.0. The highest BCUT2D eigenvalue weighted by molar-refractivity contribution is 5.70. The number of esters is 1. The van der Waals surface area contributed by atoms with E-state index in [0.29, 0.717) is 5.56 Å². The van der Waals surface area contributed by atoms with Gasteiger partial charge in [-0.15, -0.1) is 0 Å². The fourth-order valence-electron chi connectivity index (χ4n) is 1.37. The van der Waals surface area contributed by atoms with Crippen molar-refractivity contribution < 1.29 is 22.7 Å². The molecule has 0 saturated heterocycles. The van der Waals surface area contributed by atoms with Crippen LogP contribution in [0, 0.1) is 6.57 Å². The van der Waals surface area contributed by atoms with Crippen molar-refractivity contribution in [2.24, 2.45) is 0 Å². The van der Waals surface area contributed by atoms with Crippen molar-refractivity contribution in [3.05, 3.63) is 46.8 Å². The molecule has 0 bridgehead atoms. The lowest BCUT2D eigenvalue weighted by atomic mass is 10.0. The molecule has 1 atom stereocenters. The highest BCUT2D eigenvalue weighted by Gasteiger charge is 2.31. The molecule has 0 aliphatic rings. The maximum Gasteiger partial charge on any atom is 0.416 e. The summed E-state index contributed by atoms with van der Waals surface area (Å²) in [5.41, 5.74) is -0.420. The second-order valence-electron chi connectivity index (χ2n) is 3.54. The maximum atomic E-state index is 12.3. The number of rotatable bonds is 3. The number of ether oxygens (including phenoxy) is 1. The number of hydrogen-bond acceptors (Lipinski definition) is 2. The predicted octanol–water partition coefficient (Wildman–Crippen LogP) is 3.23. The number of carbonyl (C=O) groups is 1. The minimum Gasteiger partial charge on any atom is -0.469 e. The number of carbonyl (C=O) groups excluding carboxylic acids is 1. The summed E-state index contributed by atoms with van der Waals surface area (Å²) < 4.78 is 41.4. The molecule has 18 heavy (non-hydrogen) atoms. The van der Waals surface area contributed by atoms with Crippen molar-refractivity contribution >= 4 is 5.97 Å². The summed E-state index contributed by atoms with van der Waals surface area (Å²) in [4.78, 5) is 14.2. The Bertz CT molecular complexity index is 460. The first-order chi connectivity index (χ1) is 8.38. The van der Waals surface area contributed by atoms with Gasteiger partial charge in [0.05, 0.1) is 12.7 Å². The van der Waals surface area contributed by atoms with Gasteiger partial charge in [0, 0.05) is 5.56 Å². The van der Waals surface area contributed by atoms with Crippen molar-refractivity contribution in [3.8, 4) is 0 Å². The average Bonchev–Trinajstić information content (AvgIpc) is 2.34. The fraction of sp³-hybridized carbons (Fsp3) is 0.333. The largest absolute Gasteiger partial charge is 0.469 e. The summed E-state index contributed by atoms with van der Waals surface area (Å²) in [6, 6.07) is 3.37.